The Kier molecular flexibility index (Phi) is 5.91. The summed E-state index contributed by atoms with van der Waals surface area (Å²) in [4.78, 5) is 12.8. The molecule has 0 saturated heterocycles. The number of halogens is 4. The van der Waals surface area contributed by atoms with E-state index in [1.54, 1.807) is 24.3 Å². The van der Waals surface area contributed by atoms with Crippen molar-refractivity contribution in [3.05, 3.63) is 78.8 Å². The summed E-state index contributed by atoms with van der Waals surface area (Å²) in [6, 6.07) is 10.5. The molecule has 1 saturated carbocycles. The van der Waals surface area contributed by atoms with E-state index in [1.807, 2.05) is 24.3 Å². The van der Waals surface area contributed by atoms with Crippen molar-refractivity contribution in [3.63, 3.8) is 0 Å². The highest BCUT2D eigenvalue weighted by atomic mass is 35.5. The van der Waals surface area contributed by atoms with Gasteiger partial charge in [0.15, 0.2) is 5.78 Å². The van der Waals surface area contributed by atoms with E-state index < -0.39 is 0 Å². The van der Waals surface area contributed by atoms with Crippen LogP contribution in [0.25, 0.3) is 12.2 Å². The van der Waals surface area contributed by atoms with Crippen LogP contribution < -0.4 is 0 Å². The fourth-order valence-electron chi connectivity index (χ4n) is 2.79. The average Bonchev–Trinajstić information content (AvgIpc) is 2.56. The Labute approximate surface area is 166 Å². The Morgan fingerprint density at radius 2 is 1.16 bits per heavy atom. The predicted molar refractivity (Wildman–Crippen MR) is 108 cm³/mol. The first-order valence-corrected chi connectivity index (χ1v) is 9.31. The third-order valence-electron chi connectivity index (χ3n) is 4.06. The second-order valence-electron chi connectivity index (χ2n) is 5.85. The lowest BCUT2D eigenvalue weighted by molar-refractivity contribution is -0.112. The summed E-state index contributed by atoms with van der Waals surface area (Å²) in [5.41, 5.74) is 3.07. The van der Waals surface area contributed by atoms with Crippen molar-refractivity contribution in [3.8, 4) is 0 Å². The van der Waals surface area contributed by atoms with Crippen LogP contribution in [0.2, 0.25) is 20.1 Å². The Hall–Kier alpha value is -1.25. The molecular weight excluding hydrogens is 398 g/mol. The lowest BCUT2D eigenvalue weighted by Gasteiger charge is -2.17. The van der Waals surface area contributed by atoms with E-state index >= 15 is 0 Å². The van der Waals surface area contributed by atoms with Crippen LogP contribution in [-0.4, -0.2) is 5.78 Å². The molecule has 1 aliphatic carbocycles. The van der Waals surface area contributed by atoms with Gasteiger partial charge in [0.05, 0.1) is 0 Å². The number of hydrogen-bond donors (Lipinski definition) is 0. The summed E-state index contributed by atoms with van der Waals surface area (Å²) in [7, 11) is 0. The topological polar surface area (TPSA) is 17.1 Å². The highest BCUT2D eigenvalue weighted by molar-refractivity contribution is 6.36. The van der Waals surface area contributed by atoms with Gasteiger partial charge in [-0.3, -0.25) is 4.79 Å². The summed E-state index contributed by atoms with van der Waals surface area (Å²) in [5, 5.41) is 2.20. The first kappa shape index (κ1) is 18.5. The van der Waals surface area contributed by atoms with Gasteiger partial charge < -0.3 is 0 Å². The van der Waals surface area contributed by atoms with E-state index in [4.69, 9.17) is 46.4 Å². The van der Waals surface area contributed by atoms with Gasteiger partial charge in [0, 0.05) is 31.2 Å². The van der Waals surface area contributed by atoms with Crippen molar-refractivity contribution < 1.29 is 4.79 Å². The van der Waals surface area contributed by atoms with E-state index in [0.29, 0.717) is 20.1 Å². The standard InChI is InChI=1S/C20H14Cl4O/c21-16-6-4-12(18(23)10-16)8-14-2-1-3-15(20(14)25)9-13-5-7-17(22)11-19(13)24/h4-11H,1-3H2/b14-8-,15-9-. The normalized spacial score (nSPS) is 18.2. The molecule has 1 nitrogen and oxygen atoms in total. The number of allylic oxidation sites excluding steroid dienone is 2. The van der Waals surface area contributed by atoms with Crippen molar-refractivity contribution >= 4 is 64.3 Å². The minimum Gasteiger partial charge on any atom is -0.289 e. The molecule has 0 radical (unpaired) electrons. The molecular formula is C20H14Cl4O. The Balaban J connectivity index is 1.93. The maximum Gasteiger partial charge on any atom is 0.185 e. The number of carbonyl (C=O) groups excluding carboxylic acids is 1. The molecule has 0 aromatic heterocycles. The van der Waals surface area contributed by atoms with Crippen molar-refractivity contribution in [1.82, 2.24) is 0 Å². The first-order valence-electron chi connectivity index (χ1n) is 7.80. The minimum atomic E-state index is 0.0308. The van der Waals surface area contributed by atoms with Crippen molar-refractivity contribution in [2.75, 3.05) is 0 Å². The van der Waals surface area contributed by atoms with Crippen molar-refractivity contribution in [1.29, 1.82) is 0 Å². The fraction of sp³-hybridized carbons (Fsp3) is 0.150. The largest absolute Gasteiger partial charge is 0.289 e. The second-order valence-corrected chi connectivity index (χ2v) is 7.54. The van der Waals surface area contributed by atoms with Gasteiger partial charge in [-0.1, -0.05) is 58.5 Å². The van der Waals surface area contributed by atoms with E-state index in [9.17, 15) is 4.79 Å². The fourth-order valence-corrected chi connectivity index (χ4v) is 3.72. The summed E-state index contributed by atoms with van der Waals surface area (Å²) in [5.74, 6) is 0.0308. The van der Waals surface area contributed by atoms with Gasteiger partial charge >= 0.3 is 0 Å². The quantitative estimate of drug-likeness (QED) is 0.467. The molecule has 25 heavy (non-hydrogen) atoms. The number of ketones is 1. The number of hydrogen-bond acceptors (Lipinski definition) is 1. The van der Waals surface area contributed by atoms with Crippen LogP contribution >= 0.6 is 46.4 Å². The monoisotopic (exact) mass is 410 g/mol. The molecule has 0 aliphatic heterocycles. The molecule has 1 aliphatic rings. The molecule has 0 N–H and O–H groups in total. The van der Waals surface area contributed by atoms with Gasteiger partial charge in [0.2, 0.25) is 0 Å². The maximum absolute atomic E-state index is 12.8. The zero-order valence-corrected chi connectivity index (χ0v) is 16.2. The number of benzene rings is 2. The molecule has 0 spiro atoms. The summed E-state index contributed by atoms with van der Waals surface area (Å²) >= 11 is 24.3. The lowest BCUT2D eigenvalue weighted by atomic mass is 9.87. The molecule has 0 heterocycles. The van der Waals surface area contributed by atoms with Crippen molar-refractivity contribution in [2.45, 2.75) is 19.3 Å². The summed E-state index contributed by atoms with van der Waals surface area (Å²) in [6.45, 7) is 0. The van der Waals surface area contributed by atoms with Crippen molar-refractivity contribution in [2.24, 2.45) is 0 Å². The molecule has 2 aromatic carbocycles. The molecule has 3 rings (SSSR count). The Morgan fingerprint density at radius 1 is 0.720 bits per heavy atom. The third-order valence-corrected chi connectivity index (χ3v) is 5.18. The average molecular weight is 412 g/mol. The molecule has 0 bridgehead atoms. The molecule has 0 unspecified atom stereocenters. The van der Waals surface area contributed by atoms with Gasteiger partial charge in [0.1, 0.15) is 0 Å². The Bertz CT molecular complexity index is 825. The van der Waals surface area contributed by atoms with Gasteiger partial charge in [-0.2, -0.15) is 0 Å². The van der Waals surface area contributed by atoms with E-state index in [0.717, 1.165) is 41.5 Å². The number of rotatable bonds is 2. The molecule has 0 amide bonds. The van der Waals surface area contributed by atoms with Gasteiger partial charge in [-0.15, -0.1) is 0 Å². The molecule has 1 fully saturated rings. The summed E-state index contributed by atoms with van der Waals surface area (Å²) in [6.07, 6.45) is 6.04. The second kappa shape index (κ2) is 7.97. The zero-order chi connectivity index (χ0) is 18.0. The van der Waals surface area contributed by atoms with Gasteiger partial charge in [-0.25, -0.2) is 0 Å². The van der Waals surface area contributed by atoms with Crippen LogP contribution in [0.4, 0.5) is 0 Å². The van der Waals surface area contributed by atoms with Crippen LogP contribution in [-0.2, 0) is 4.79 Å². The Morgan fingerprint density at radius 3 is 1.56 bits per heavy atom. The maximum atomic E-state index is 12.8. The van der Waals surface area contributed by atoms with Gasteiger partial charge in [-0.05, 0) is 66.8 Å². The van der Waals surface area contributed by atoms with E-state index in [2.05, 4.69) is 0 Å². The van der Waals surface area contributed by atoms with Crippen LogP contribution in [0.3, 0.4) is 0 Å². The third kappa shape index (κ3) is 4.48. The first-order chi connectivity index (χ1) is 11.9. The van der Waals surface area contributed by atoms with Crippen LogP contribution in [0.15, 0.2) is 47.5 Å². The number of Topliss-reactive ketones (excluding diaryl/α,β-unsaturated/α-hetero) is 1. The highest BCUT2D eigenvalue weighted by Crippen LogP contribution is 2.32. The zero-order valence-electron chi connectivity index (χ0n) is 13.2. The predicted octanol–water partition coefficient (Wildman–Crippen LogP) is 7.52. The van der Waals surface area contributed by atoms with Crippen LogP contribution in [0.5, 0.6) is 0 Å². The SMILES string of the molecule is O=C1/C(=C\c2ccc(Cl)cc2Cl)CCC/C1=C/c1ccc(Cl)cc1Cl. The van der Waals surface area contributed by atoms with E-state index in [-0.39, 0.29) is 5.78 Å². The lowest BCUT2D eigenvalue weighted by Crippen LogP contribution is -2.12. The molecule has 2 aromatic rings. The summed E-state index contributed by atoms with van der Waals surface area (Å²) < 4.78 is 0. The highest BCUT2D eigenvalue weighted by Gasteiger charge is 2.21. The number of carbonyl (C=O) groups is 1. The van der Waals surface area contributed by atoms with E-state index in [1.165, 1.54) is 0 Å². The molecule has 128 valence electrons. The van der Waals surface area contributed by atoms with Crippen LogP contribution in [0.1, 0.15) is 30.4 Å². The molecule has 5 heteroatoms. The minimum absolute atomic E-state index is 0.0308. The van der Waals surface area contributed by atoms with Gasteiger partial charge in [0.25, 0.3) is 0 Å². The smallest absolute Gasteiger partial charge is 0.185 e. The van der Waals surface area contributed by atoms with Crippen LogP contribution in [0, 0.1) is 0 Å². The molecule has 0 atom stereocenters.